The lowest BCUT2D eigenvalue weighted by Crippen LogP contribution is -2.36. The average Bonchev–Trinajstić information content (AvgIpc) is 2.34. The van der Waals surface area contributed by atoms with Gasteiger partial charge in [-0.1, -0.05) is 0 Å². The lowest BCUT2D eigenvalue weighted by molar-refractivity contribution is 0.0691. The molecule has 1 aliphatic rings. The first-order valence-corrected chi connectivity index (χ1v) is 6.40. The fraction of sp³-hybridized carbons (Fsp3) is 0.571. The van der Waals surface area contributed by atoms with Crippen molar-refractivity contribution >= 4 is 0 Å². The number of hydrogen-bond acceptors (Lipinski definition) is 2. The summed E-state index contributed by atoms with van der Waals surface area (Å²) in [5.74, 6) is -0.419. The molecule has 0 aliphatic carbocycles. The lowest BCUT2D eigenvalue weighted by Gasteiger charge is -2.33. The van der Waals surface area contributed by atoms with Crippen LogP contribution in [0.4, 0.5) is 8.78 Å². The molecular formula is C14H19F2NO. The Balaban J connectivity index is 1.93. The van der Waals surface area contributed by atoms with Crippen molar-refractivity contribution < 1.29 is 13.9 Å². The summed E-state index contributed by atoms with van der Waals surface area (Å²) >= 11 is 0. The zero-order valence-corrected chi connectivity index (χ0v) is 10.6. The van der Waals surface area contributed by atoms with Crippen molar-refractivity contribution in [2.24, 2.45) is 5.92 Å². The maximum Gasteiger partial charge on any atom is 0.127 e. The fourth-order valence-electron chi connectivity index (χ4n) is 2.50. The Morgan fingerprint density at radius 1 is 1.33 bits per heavy atom. The Morgan fingerprint density at radius 2 is 2.00 bits per heavy atom. The topological polar surface area (TPSA) is 23.5 Å². The summed E-state index contributed by atoms with van der Waals surface area (Å²) in [5, 5.41) is 9.51. The maximum absolute atomic E-state index is 13.5. The second kappa shape index (κ2) is 5.76. The van der Waals surface area contributed by atoms with Crippen LogP contribution in [0.1, 0.15) is 25.3 Å². The minimum Gasteiger partial charge on any atom is -0.393 e. The van der Waals surface area contributed by atoms with Crippen LogP contribution in [0.3, 0.4) is 0 Å². The zero-order chi connectivity index (χ0) is 13.1. The van der Waals surface area contributed by atoms with Crippen molar-refractivity contribution in [3.8, 4) is 0 Å². The Hall–Kier alpha value is -1.00. The van der Waals surface area contributed by atoms with Gasteiger partial charge in [0, 0.05) is 12.1 Å². The molecular weight excluding hydrogens is 236 g/mol. The second-order valence-electron chi connectivity index (χ2n) is 5.09. The second-order valence-corrected chi connectivity index (χ2v) is 5.09. The number of hydrogen-bond donors (Lipinski definition) is 1. The van der Waals surface area contributed by atoms with Gasteiger partial charge in [-0.15, -0.1) is 0 Å². The van der Waals surface area contributed by atoms with E-state index in [0.29, 0.717) is 18.0 Å². The van der Waals surface area contributed by atoms with Crippen molar-refractivity contribution in [1.29, 1.82) is 0 Å². The summed E-state index contributed by atoms with van der Waals surface area (Å²) in [7, 11) is 0. The molecule has 0 spiro atoms. The number of rotatable bonds is 3. The minimum absolute atomic E-state index is 0.280. The fourth-order valence-corrected chi connectivity index (χ4v) is 2.50. The Bertz CT molecular complexity index is 401. The highest BCUT2D eigenvalue weighted by Gasteiger charge is 2.23. The Morgan fingerprint density at radius 3 is 2.61 bits per heavy atom. The van der Waals surface area contributed by atoms with Crippen LogP contribution in [0.15, 0.2) is 18.2 Å². The van der Waals surface area contributed by atoms with Gasteiger partial charge in [-0.3, -0.25) is 4.90 Å². The predicted molar refractivity (Wildman–Crippen MR) is 66.0 cm³/mol. The highest BCUT2D eigenvalue weighted by molar-refractivity contribution is 5.18. The van der Waals surface area contributed by atoms with Crippen LogP contribution in [0.25, 0.3) is 0 Å². The van der Waals surface area contributed by atoms with Crippen molar-refractivity contribution in [3.05, 3.63) is 35.4 Å². The van der Waals surface area contributed by atoms with E-state index in [1.165, 1.54) is 12.1 Å². The molecule has 1 aliphatic heterocycles. The molecule has 0 radical (unpaired) electrons. The third kappa shape index (κ3) is 3.27. The zero-order valence-electron chi connectivity index (χ0n) is 10.6. The predicted octanol–water partition coefficient (Wildman–Crippen LogP) is 2.56. The molecule has 1 aromatic rings. The minimum atomic E-state index is -0.398. The standard InChI is InChI=1S/C14H19F2NO/c1-10(18)11-4-6-17(7-5-11)9-12-8-13(15)2-3-14(12)16/h2-3,8,10-11,18H,4-7,9H2,1H3. The van der Waals surface area contributed by atoms with Gasteiger partial charge in [-0.05, 0) is 57.0 Å². The molecule has 0 saturated carbocycles. The molecule has 4 heteroatoms. The first-order valence-electron chi connectivity index (χ1n) is 6.40. The summed E-state index contributed by atoms with van der Waals surface area (Å²) in [6.07, 6.45) is 1.54. The maximum atomic E-state index is 13.5. The van der Waals surface area contributed by atoms with Crippen LogP contribution in [0, 0.1) is 17.6 Å². The van der Waals surface area contributed by atoms with Gasteiger partial charge in [0.15, 0.2) is 0 Å². The van der Waals surface area contributed by atoms with Gasteiger partial charge in [-0.25, -0.2) is 8.78 Å². The van der Waals surface area contributed by atoms with Crippen LogP contribution in [-0.2, 0) is 6.54 Å². The molecule has 1 fully saturated rings. The summed E-state index contributed by atoms with van der Waals surface area (Å²) in [6, 6.07) is 3.57. The highest BCUT2D eigenvalue weighted by Crippen LogP contribution is 2.22. The number of halogens is 2. The summed E-state index contributed by atoms with van der Waals surface area (Å²) in [5.41, 5.74) is 0.408. The number of aliphatic hydroxyl groups is 1. The van der Waals surface area contributed by atoms with E-state index in [4.69, 9.17) is 0 Å². The van der Waals surface area contributed by atoms with E-state index in [-0.39, 0.29) is 11.9 Å². The summed E-state index contributed by atoms with van der Waals surface area (Å²) < 4.78 is 26.5. The molecule has 1 heterocycles. The normalized spacial score (nSPS) is 20.0. The van der Waals surface area contributed by atoms with Gasteiger partial charge in [0.2, 0.25) is 0 Å². The molecule has 1 atom stereocenters. The van der Waals surface area contributed by atoms with Crippen LogP contribution < -0.4 is 0 Å². The average molecular weight is 255 g/mol. The molecule has 2 rings (SSSR count). The van der Waals surface area contributed by atoms with Crippen molar-refractivity contribution in [3.63, 3.8) is 0 Å². The Kier molecular flexibility index (Phi) is 4.30. The van der Waals surface area contributed by atoms with Crippen LogP contribution in [0.5, 0.6) is 0 Å². The molecule has 0 bridgehead atoms. The van der Waals surface area contributed by atoms with Crippen LogP contribution >= 0.6 is 0 Å². The SMILES string of the molecule is CC(O)C1CCN(Cc2cc(F)ccc2F)CC1. The van der Waals surface area contributed by atoms with Crippen molar-refractivity contribution in [1.82, 2.24) is 4.90 Å². The molecule has 1 N–H and O–H groups in total. The van der Waals surface area contributed by atoms with E-state index in [0.717, 1.165) is 32.0 Å². The van der Waals surface area contributed by atoms with E-state index >= 15 is 0 Å². The van der Waals surface area contributed by atoms with Crippen molar-refractivity contribution in [2.45, 2.75) is 32.4 Å². The number of nitrogens with zero attached hydrogens (tertiary/aromatic N) is 1. The summed E-state index contributed by atoms with van der Waals surface area (Å²) in [6.45, 7) is 3.90. The Labute approximate surface area is 106 Å². The monoisotopic (exact) mass is 255 g/mol. The molecule has 1 unspecified atom stereocenters. The van der Waals surface area contributed by atoms with E-state index in [2.05, 4.69) is 4.90 Å². The van der Waals surface area contributed by atoms with Gasteiger partial charge in [0.05, 0.1) is 6.10 Å². The third-order valence-corrected chi connectivity index (χ3v) is 3.72. The van der Waals surface area contributed by atoms with E-state index in [1.807, 2.05) is 6.92 Å². The lowest BCUT2D eigenvalue weighted by atomic mass is 9.92. The largest absolute Gasteiger partial charge is 0.393 e. The number of aliphatic hydroxyl groups excluding tert-OH is 1. The van der Waals surface area contributed by atoms with Gasteiger partial charge in [0.1, 0.15) is 11.6 Å². The number of piperidine rings is 1. The first-order chi connectivity index (χ1) is 8.56. The van der Waals surface area contributed by atoms with Crippen LogP contribution in [0.2, 0.25) is 0 Å². The number of benzene rings is 1. The third-order valence-electron chi connectivity index (χ3n) is 3.72. The first kappa shape index (κ1) is 13.4. The smallest absolute Gasteiger partial charge is 0.127 e. The van der Waals surface area contributed by atoms with E-state index in [9.17, 15) is 13.9 Å². The molecule has 18 heavy (non-hydrogen) atoms. The van der Waals surface area contributed by atoms with Crippen LogP contribution in [-0.4, -0.2) is 29.2 Å². The molecule has 0 amide bonds. The highest BCUT2D eigenvalue weighted by atomic mass is 19.1. The molecule has 1 saturated heterocycles. The quantitative estimate of drug-likeness (QED) is 0.897. The van der Waals surface area contributed by atoms with Crippen molar-refractivity contribution in [2.75, 3.05) is 13.1 Å². The van der Waals surface area contributed by atoms with Gasteiger partial charge in [0.25, 0.3) is 0 Å². The molecule has 2 nitrogen and oxygen atoms in total. The number of likely N-dealkylation sites (tertiary alicyclic amines) is 1. The van der Waals surface area contributed by atoms with Gasteiger partial charge < -0.3 is 5.11 Å². The van der Waals surface area contributed by atoms with Gasteiger partial charge >= 0.3 is 0 Å². The van der Waals surface area contributed by atoms with E-state index < -0.39 is 5.82 Å². The summed E-state index contributed by atoms with van der Waals surface area (Å²) in [4.78, 5) is 2.11. The van der Waals surface area contributed by atoms with Gasteiger partial charge in [-0.2, -0.15) is 0 Å². The molecule has 100 valence electrons. The van der Waals surface area contributed by atoms with E-state index in [1.54, 1.807) is 0 Å². The molecule has 1 aromatic carbocycles. The molecule has 0 aromatic heterocycles.